The number of phenols is 1. The second-order valence-corrected chi connectivity index (χ2v) is 4.39. The first-order valence-corrected chi connectivity index (χ1v) is 5.21. The third-order valence-electron chi connectivity index (χ3n) is 2.99. The zero-order valence-corrected chi connectivity index (χ0v) is 8.75. The van der Waals surface area contributed by atoms with Crippen LogP contribution < -0.4 is 5.32 Å². The SMILES string of the molecule is CC(C)C1Cc2cc(O)ccc2CN1. The van der Waals surface area contributed by atoms with Crippen LogP contribution in [0, 0.1) is 5.92 Å². The van der Waals surface area contributed by atoms with Crippen LogP contribution in [-0.4, -0.2) is 11.1 Å². The van der Waals surface area contributed by atoms with E-state index in [1.165, 1.54) is 11.1 Å². The van der Waals surface area contributed by atoms with Gasteiger partial charge in [-0.2, -0.15) is 0 Å². The van der Waals surface area contributed by atoms with Gasteiger partial charge in [0.05, 0.1) is 0 Å². The molecule has 0 saturated carbocycles. The lowest BCUT2D eigenvalue weighted by atomic mass is 9.90. The zero-order valence-electron chi connectivity index (χ0n) is 8.75. The van der Waals surface area contributed by atoms with Crippen LogP contribution in [0.1, 0.15) is 25.0 Å². The highest BCUT2D eigenvalue weighted by Crippen LogP contribution is 2.23. The van der Waals surface area contributed by atoms with Crippen molar-refractivity contribution < 1.29 is 5.11 Å². The summed E-state index contributed by atoms with van der Waals surface area (Å²) in [6, 6.07) is 6.21. The lowest BCUT2D eigenvalue weighted by molar-refractivity contribution is 0.376. The molecule has 2 N–H and O–H groups in total. The molecule has 1 heterocycles. The summed E-state index contributed by atoms with van der Waals surface area (Å²) in [5.41, 5.74) is 2.61. The molecule has 2 nitrogen and oxygen atoms in total. The number of hydrogen-bond acceptors (Lipinski definition) is 2. The summed E-state index contributed by atoms with van der Waals surface area (Å²) in [6.07, 6.45) is 1.03. The van der Waals surface area contributed by atoms with E-state index >= 15 is 0 Å². The molecule has 0 amide bonds. The maximum absolute atomic E-state index is 9.39. The van der Waals surface area contributed by atoms with Gasteiger partial charge < -0.3 is 10.4 Å². The van der Waals surface area contributed by atoms with E-state index in [1.807, 2.05) is 12.1 Å². The van der Waals surface area contributed by atoms with Gasteiger partial charge in [0.2, 0.25) is 0 Å². The van der Waals surface area contributed by atoms with Crippen LogP contribution in [-0.2, 0) is 13.0 Å². The Labute approximate surface area is 85.0 Å². The fourth-order valence-corrected chi connectivity index (χ4v) is 2.00. The monoisotopic (exact) mass is 191 g/mol. The minimum Gasteiger partial charge on any atom is -0.508 e. The molecule has 0 radical (unpaired) electrons. The number of benzene rings is 1. The number of phenolic OH excluding ortho intramolecular Hbond substituents is 1. The third kappa shape index (κ3) is 1.75. The van der Waals surface area contributed by atoms with Crippen LogP contribution in [0.3, 0.4) is 0 Å². The van der Waals surface area contributed by atoms with E-state index in [1.54, 1.807) is 6.07 Å². The van der Waals surface area contributed by atoms with Gasteiger partial charge in [-0.15, -0.1) is 0 Å². The summed E-state index contributed by atoms with van der Waals surface area (Å²) in [4.78, 5) is 0. The molecule has 1 aromatic rings. The number of rotatable bonds is 1. The molecule has 1 aromatic carbocycles. The molecule has 14 heavy (non-hydrogen) atoms. The Morgan fingerprint density at radius 1 is 1.36 bits per heavy atom. The van der Waals surface area contributed by atoms with Crippen molar-refractivity contribution in [3.05, 3.63) is 29.3 Å². The van der Waals surface area contributed by atoms with Crippen LogP contribution in [0.5, 0.6) is 5.75 Å². The smallest absolute Gasteiger partial charge is 0.115 e. The van der Waals surface area contributed by atoms with Crippen LogP contribution in [0.4, 0.5) is 0 Å². The van der Waals surface area contributed by atoms with Crippen molar-refractivity contribution in [1.82, 2.24) is 5.32 Å². The number of fused-ring (bicyclic) bond motifs is 1. The van der Waals surface area contributed by atoms with E-state index in [-0.39, 0.29) is 0 Å². The van der Waals surface area contributed by atoms with Gasteiger partial charge in [0.1, 0.15) is 5.75 Å². The van der Waals surface area contributed by atoms with Gasteiger partial charge >= 0.3 is 0 Å². The maximum atomic E-state index is 9.39. The van der Waals surface area contributed by atoms with Crippen LogP contribution in [0.25, 0.3) is 0 Å². The third-order valence-corrected chi connectivity index (χ3v) is 2.99. The Kier molecular flexibility index (Phi) is 2.46. The second-order valence-electron chi connectivity index (χ2n) is 4.39. The predicted molar refractivity (Wildman–Crippen MR) is 57.3 cm³/mol. The topological polar surface area (TPSA) is 32.3 Å². The molecule has 1 aliphatic heterocycles. The number of hydrogen-bond donors (Lipinski definition) is 2. The zero-order chi connectivity index (χ0) is 10.1. The maximum Gasteiger partial charge on any atom is 0.115 e. The molecule has 2 heteroatoms. The molecular weight excluding hydrogens is 174 g/mol. The Morgan fingerprint density at radius 3 is 2.86 bits per heavy atom. The Morgan fingerprint density at radius 2 is 2.14 bits per heavy atom. The Balaban J connectivity index is 2.24. The van der Waals surface area contributed by atoms with Crippen molar-refractivity contribution in [2.75, 3.05) is 0 Å². The highest BCUT2D eigenvalue weighted by Gasteiger charge is 2.20. The summed E-state index contributed by atoms with van der Waals surface area (Å²) in [7, 11) is 0. The lowest BCUT2D eigenvalue weighted by Crippen LogP contribution is -2.39. The van der Waals surface area contributed by atoms with Crippen LogP contribution >= 0.6 is 0 Å². The average molecular weight is 191 g/mol. The van der Waals surface area contributed by atoms with E-state index in [0.717, 1.165) is 13.0 Å². The van der Waals surface area contributed by atoms with Gasteiger partial charge in [-0.1, -0.05) is 19.9 Å². The molecular formula is C12H17NO. The predicted octanol–water partition coefficient (Wildman–Crippen LogP) is 2.06. The first kappa shape index (κ1) is 9.53. The summed E-state index contributed by atoms with van der Waals surface area (Å²) in [5, 5.41) is 12.9. The van der Waals surface area contributed by atoms with Crippen molar-refractivity contribution in [1.29, 1.82) is 0 Å². The molecule has 1 unspecified atom stereocenters. The van der Waals surface area contributed by atoms with Gasteiger partial charge in [-0.05, 0) is 35.6 Å². The minimum atomic E-state index is 0.383. The summed E-state index contributed by atoms with van der Waals surface area (Å²) in [6.45, 7) is 5.38. The second kappa shape index (κ2) is 3.62. The molecule has 0 fully saturated rings. The standard InChI is InChI=1S/C12H17NO/c1-8(2)12-6-10-5-11(14)4-3-9(10)7-13-12/h3-5,8,12-14H,6-7H2,1-2H3. The highest BCUT2D eigenvalue weighted by atomic mass is 16.3. The van der Waals surface area contributed by atoms with Crippen molar-refractivity contribution in [3.63, 3.8) is 0 Å². The summed E-state index contributed by atoms with van der Waals surface area (Å²) < 4.78 is 0. The molecule has 0 bridgehead atoms. The van der Waals surface area contributed by atoms with Gasteiger partial charge in [0.25, 0.3) is 0 Å². The average Bonchev–Trinajstić information content (AvgIpc) is 2.16. The molecule has 0 spiro atoms. The van der Waals surface area contributed by atoms with Gasteiger partial charge in [0.15, 0.2) is 0 Å². The molecule has 76 valence electrons. The Bertz CT molecular complexity index is 333. The first-order valence-electron chi connectivity index (χ1n) is 5.21. The van der Waals surface area contributed by atoms with Gasteiger partial charge in [0, 0.05) is 12.6 Å². The first-order chi connectivity index (χ1) is 6.66. The quantitative estimate of drug-likeness (QED) is 0.712. The van der Waals surface area contributed by atoms with Gasteiger partial charge in [-0.3, -0.25) is 0 Å². The Hall–Kier alpha value is -1.02. The van der Waals surface area contributed by atoms with Crippen molar-refractivity contribution >= 4 is 0 Å². The number of aromatic hydroxyl groups is 1. The largest absolute Gasteiger partial charge is 0.508 e. The molecule has 0 aliphatic carbocycles. The van der Waals surface area contributed by atoms with E-state index in [0.29, 0.717) is 17.7 Å². The van der Waals surface area contributed by atoms with Crippen molar-refractivity contribution in [2.24, 2.45) is 5.92 Å². The van der Waals surface area contributed by atoms with Crippen molar-refractivity contribution in [3.8, 4) is 5.75 Å². The van der Waals surface area contributed by atoms with E-state index in [9.17, 15) is 5.11 Å². The van der Waals surface area contributed by atoms with E-state index in [4.69, 9.17) is 0 Å². The summed E-state index contributed by atoms with van der Waals surface area (Å²) >= 11 is 0. The van der Waals surface area contributed by atoms with Crippen LogP contribution in [0.15, 0.2) is 18.2 Å². The van der Waals surface area contributed by atoms with Crippen molar-refractivity contribution in [2.45, 2.75) is 32.9 Å². The molecule has 1 aliphatic rings. The molecule has 1 atom stereocenters. The van der Waals surface area contributed by atoms with Gasteiger partial charge in [-0.25, -0.2) is 0 Å². The minimum absolute atomic E-state index is 0.383. The molecule has 0 aromatic heterocycles. The normalized spacial score (nSPS) is 20.9. The molecule has 2 rings (SSSR count). The van der Waals surface area contributed by atoms with E-state index in [2.05, 4.69) is 19.2 Å². The van der Waals surface area contributed by atoms with E-state index < -0.39 is 0 Å². The fourth-order valence-electron chi connectivity index (χ4n) is 2.00. The fraction of sp³-hybridized carbons (Fsp3) is 0.500. The number of nitrogens with one attached hydrogen (secondary N) is 1. The highest BCUT2D eigenvalue weighted by molar-refractivity contribution is 5.36. The molecule has 0 saturated heterocycles. The lowest BCUT2D eigenvalue weighted by Gasteiger charge is -2.29. The summed E-state index contributed by atoms with van der Waals surface area (Å²) in [5.74, 6) is 1.03. The van der Waals surface area contributed by atoms with Crippen LogP contribution in [0.2, 0.25) is 0 Å².